The van der Waals surface area contributed by atoms with E-state index in [-0.39, 0.29) is 13.2 Å². The van der Waals surface area contributed by atoms with E-state index < -0.39 is 17.7 Å². The third-order valence-corrected chi connectivity index (χ3v) is 1.94. The molecule has 0 saturated heterocycles. The van der Waals surface area contributed by atoms with Crippen LogP contribution in [0.25, 0.3) is 0 Å². The molecule has 0 aliphatic carbocycles. The molecule has 2 N–H and O–H groups in total. The van der Waals surface area contributed by atoms with Gasteiger partial charge in [0, 0.05) is 5.41 Å². The molecule has 88 valence electrons. The Morgan fingerprint density at radius 1 is 1.13 bits per heavy atom. The molecule has 0 radical (unpaired) electrons. The van der Waals surface area contributed by atoms with Gasteiger partial charge >= 0.3 is 12.3 Å². The molecule has 0 fully saturated rings. The first kappa shape index (κ1) is 13.5. The maximum atomic E-state index is 10.2. The monoisotopic (exact) mass is 220 g/mol. The number of rotatable bonds is 6. The van der Waals surface area contributed by atoms with Gasteiger partial charge < -0.3 is 19.7 Å². The Labute approximate surface area is 87.8 Å². The lowest BCUT2D eigenvalue weighted by molar-refractivity contribution is 0.00133. The molecule has 0 amide bonds. The molecule has 0 aromatic heterocycles. The molecule has 0 bridgehead atoms. The second-order valence-electron chi connectivity index (χ2n) is 3.67. The Morgan fingerprint density at radius 3 is 1.80 bits per heavy atom. The Balaban J connectivity index is 4.17. The van der Waals surface area contributed by atoms with Gasteiger partial charge in [-0.3, -0.25) is 0 Å². The average molecular weight is 220 g/mol. The van der Waals surface area contributed by atoms with Crippen LogP contribution in [-0.2, 0) is 9.47 Å². The third-order valence-electron chi connectivity index (χ3n) is 1.94. The van der Waals surface area contributed by atoms with Gasteiger partial charge in [0.25, 0.3) is 0 Å². The summed E-state index contributed by atoms with van der Waals surface area (Å²) >= 11 is 0. The number of carbonyl (C=O) groups is 2. The number of hydrogen-bond acceptors (Lipinski definition) is 4. The van der Waals surface area contributed by atoms with E-state index >= 15 is 0 Å². The van der Waals surface area contributed by atoms with Crippen LogP contribution in [0.2, 0.25) is 0 Å². The Kier molecular flexibility index (Phi) is 5.51. The van der Waals surface area contributed by atoms with Crippen molar-refractivity contribution in [2.24, 2.45) is 5.41 Å². The highest BCUT2D eigenvalue weighted by molar-refractivity contribution is 5.57. The fourth-order valence-electron chi connectivity index (χ4n) is 1.26. The normalized spacial score (nSPS) is 10.8. The Bertz CT molecular complexity index is 207. The fraction of sp³-hybridized carbons (Fsp3) is 0.778. The topological polar surface area (TPSA) is 93.1 Å². The van der Waals surface area contributed by atoms with Gasteiger partial charge in [0.2, 0.25) is 0 Å². The van der Waals surface area contributed by atoms with Gasteiger partial charge in [-0.1, -0.05) is 20.3 Å². The van der Waals surface area contributed by atoms with Crippen molar-refractivity contribution in [1.29, 1.82) is 0 Å². The summed E-state index contributed by atoms with van der Waals surface area (Å²) in [6, 6.07) is 0. The van der Waals surface area contributed by atoms with Crippen molar-refractivity contribution in [3.8, 4) is 0 Å². The van der Waals surface area contributed by atoms with Gasteiger partial charge in [0.05, 0.1) is 0 Å². The predicted molar refractivity (Wildman–Crippen MR) is 51.0 cm³/mol. The molecule has 0 unspecified atom stereocenters. The quantitative estimate of drug-likeness (QED) is 0.666. The van der Waals surface area contributed by atoms with Crippen molar-refractivity contribution in [1.82, 2.24) is 0 Å². The lowest BCUT2D eigenvalue weighted by Gasteiger charge is -2.26. The van der Waals surface area contributed by atoms with E-state index in [0.717, 1.165) is 6.42 Å². The van der Waals surface area contributed by atoms with Crippen LogP contribution >= 0.6 is 0 Å². The molecule has 15 heavy (non-hydrogen) atoms. The van der Waals surface area contributed by atoms with Crippen LogP contribution in [0.5, 0.6) is 0 Å². The maximum Gasteiger partial charge on any atom is 0.505 e. The van der Waals surface area contributed by atoms with Crippen molar-refractivity contribution in [3.05, 3.63) is 0 Å². The molecular formula is C9H16O6. The maximum absolute atomic E-state index is 10.2. The molecule has 0 aliphatic rings. The summed E-state index contributed by atoms with van der Waals surface area (Å²) in [5.74, 6) is 0. The van der Waals surface area contributed by atoms with E-state index in [9.17, 15) is 9.59 Å². The molecule has 6 heteroatoms. The molecule has 0 atom stereocenters. The zero-order chi connectivity index (χ0) is 11.9. The summed E-state index contributed by atoms with van der Waals surface area (Å²) < 4.78 is 8.87. The Morgan fingerprint density at radius 2 is 1.53 bits per heavy atom. The molecule has 0 spiro atoms. The largest absolute Gasteiger partial charge is 0.505 e. The van der Waals surface area contributed by atoms with Crippen molar-refractivity contribution in [2.75, 3.05) is 13.2 Å². The SMILES string of the molecule is CCCC(C)(COC(=O)O)COC(=O)O. The second-order valence-corrected chi connectivity index (χ2v) is 3.67. The van der Waals surface area contributed by atoms with Gasteiger partial charge in [-0.25, -0.2) is 9.59 Å². The lowest BCUT2D eigenvalue weighted by atomic mass is 9.87. The first-order valence-corrected chi connectivity index (χ1v) is 4.61. The Hall–Kier alpha value is -1.46. The van der Waals surface area contributed by atoms with Crippen LogP contribution in [0.3, 0.4) is 0 Å². The summed E-state index contributed by atoms with van der Waals surface area (Å²) in [4.78, 5) is 20.4. The van der Waals surface area contributed by atoms with Gasteiger partial charge in [0.15, 0.2) is 0 Å². The molecule has 6 nitrogen and oxygen atoms in total. The predicted octanol–water partition coefficient (Wildman–Crippen LogP) is 2.18. The first-order valence-electron chi connectivity index (χ1n) is 4.61. The second kappa shape index (κ2) is 6.10. The van der Waals surface area contributed by atoms with E-state index in [2.05, 4.69) is 9.47 Å². The third kappa shape index (κ3) is 6.59. The smallest absolute Gasteiger partial charge is 0.450 e. The van der Waals surface area contributed by atoms with Crippen molar-refractivity contribution in [2.45, 2.75) is 26.7 Å². The number of ether oxygens (including phenoxy) is 2. The van der Waals surface area contributed by atoms with Gasteiger partial charge in [-0.05, 0) is 6.42 Å². The number of carboxylic acid groups (broad SMARTS) is 2. The highest BCUT2D eigenvalue weighted by Gasteiger charge is 2.27. The molecule has 0 heterocycles. The van der Waals surface area contributed by atoms with Gasteiger partial charge in [-0.2, -0.15) is 0 Å². The van der Waals surface area contributed by atoms with E-state index in [1.807, 2.05) is 6.92 Å². The lowest BCUT2D eigenvalue weighted by Crippen LogP contribution is -2.31. The molecule has 0 aliphatic heterocycles. The molecular weight excluding hydrogens is 204 g/mol. The van der Waals surface area contributed by atoms with Crippen molar-refractivity contribution < 1.29 is 29.3 Å². The summed E-state index contributed by atoms with van der Waals surface area (Å²) in [6.07, 6.45) is -1.31. The van der Waals surface area contributed by atoms with E-state index in [1.54, 1.807) is 6.92 Å². The summed E-state index contributed by atoms with van der Waals surface area (Å²) in [6.45, 7) is 3.51. The minimum absolute atomic E-state index is 0.0660. The minimum atomic E-state index is -1.37. The zero-order valence-corrected chi connectivity index (χ0v) is 8.86. The number of hydrogen-bond donors (Lipinski definition) is 2. The first-order chi connectivity index (χ1) is 6.89. The van der Waals surface area contributed by atoms with E-state index in [1.165, 1.54) is 0 Å². The van der Waals surface area contributed by atoms with Crippen LogP contribution in [0.1, 0.15) is 26.7 Å². The molecule has 0 aromatic carbocycles. The van der Waals surface area contributed by atoms with E-state index in [4.69, 9.17) is 10.2 Å². The average Bonchev–Trinajstić information content (AvgIpc) is 2.13. The minimum Gasteiger partial charge on any atom is -0.450 e. The van der Waals surface area contributed by atoms with Crippen molar-refractivity contribution in [3.63, 3.8) is 0 Å². The summed E-state index contributed by atoms with van der Waals surface area (Å²) in [5, 5.41) is 16.7. The van der Waals surface area contributed by atoms with Crippen LogP contribution < -0.4 is 0 Å². The summed E-state index contributed by atoms with van der Waals surface area (Å²) in [7, 11) is 0. The standard InChI is InChI=1S/C9H16O6/c1-3-4-9(2,5-14-7(10)11)6-15-8(12)13/h3-6H2,1-2H3,(H,10,11)(H,12,13). The van der Waals surface area contributed by atoms with Crippen LogP contribution in [-0.4, -0.2) is 35.7 Å². The van der Waals surface area contributed by atoms with Crippen LogP contribution in [0, 0.1) is 5.41 Å². The van der Waals surface area contributed by atoms with Gasteiger partial charge in [0.1, 0.15) is 13.2 Å². The highest BCUT2D eigenvalue weighted by Crippen LogP contribution is 2.24. The summed E-state index contributed by atoms with van der Waals surface area (Å²) in [5.41, 5.74) is -0.592. The van der Waals surface area contributed by atoms with Crippen LogP contribution in [0.4, 0.5) is 9.59 Å². The van der Waals surface area contributed by atoms with Gasteiger partial charge in [-0.15, -0.1) is 0 Å². The fourth-order valence-corrected chi connectivity index (χ4v) is 1.26. The molecule has 0 rings (SSSR count). The van der Waals surface area contributed by atoms with Crippen LogP contribution in [0.15, 0.2) is 0 Å². The van der Waals surface area contributed by atoms with Crippen molar-refractivity contribution >= 4 is 12.3 Å². The molecule has 0 aromatic rings. The van der Waals surface area contributed by atoms with E-state index in [0.29, 0.717) is 6.42 Å². The zero-order valence-electron chi connectivity index (χ0n) is 8.86. The molecule has 0 saturated carbocycles. The highest BCUT2D eigenvalue weighted by atomic mass is 16.7.